The van der Waals surface area contributed by atoms with Crippen LogP contribution in [-0.4, -0.2) is 17.6 Å². The average Bonchev–Trinajstić information content (AvgIpc) is 2.83. The van der Waals surface area contributed by atoms with Crippen LogP contribution in [0.4, 0.5) is 0 Å². The monoisotopic (exact) mass is 349 g/mol. The lowest BCUT2D eigenvalue weighted by Crippen LogP contribution is -2.33. The summed E-state index contributed by atoms with van der Waals surface area (Å²) in [5.41, 5.74) is 8.38. The molecule has 0 unspecified atom stereocenters. The van der Waals surface area contributed by atoms with Crippen molar-refractivity contribution in [1.29, 1.82) is 0 Å². The average molecular weight is 350 g/mol. The lowest BCUT2D eigenvalue weighted by atomic mass is 9.66. The van der Waals surface area contributed by atoms with Crippen LogP contribution in [0, 0.1) is 16.7 Å². The van der Waals surface area contributed by atoms with Gasteiger partial charge >= 0.3 is 5.97 Å². The van der Waals surface area contributed by atoms with Gasteiger partial charge in [0.2, 0.25) is 0 Å². The van der Waals surface area contributed by atoms with Gasteiger partial charge in [-0.15, -0.1) is 11.3 Å². The van der Waals surface area contributed by atoms with Crippen LogP contribution in [0.2, 0.25) is 0 Å². The third kappa shape index (κ3) is 3.28. The summed E-state index contributed by atoms with van der Waals surface area (Å²) >= 11 is 1.78. The summed E-state index contributed by atoms with van der Waals surface area (Å²) in [6.07, 6.45) is 6.39. The molecule has 3 rings (SSSR count). The van der Waals surface area contributed by atoms with E-state index < -0.39 is 5.97 Å². The Bertz CT molecular complexity index is 644. The van der Waals surface area contributed by atoms with Crippen molar-refractivity contribution in [1.82, 2.24) is 0 Å². The fraction of sp³-hybridized carbons (Fsp3) is 0.750. The molecule has 2 aliphatic rings. The molecule has 1 heterocycles. The molecule has 1 fully saturated rings. The summed E-state index contributed by atoms with van der Waals surface area (Å²) < 4.78 is 0. The van der Waals surface area contributed by atoms with Gasteiger partial charge in [0, 0.05) is 9.75 Å². The molecule has 4 heteroatoms. The van der Waals surface area contributed by atoms with Gasteiger partial charge in [0.25, 0.3) is 0 Å². The highest BCUT2D eigenvalue weighted by Gasteiger charge is 2.40. The third-order valence-corrected chi connectivity index (χ3v) is 7.60. The molecule has 134 valence electrons. The molecule has 1 aromatic rings. The van der Waals surface area contributed by atoms with Crippen molar-refractivity contribution in [3.05, 3.63) is 20.9 Å². The van der Waals surface area contributed by atoms with E-state index in [1.807, 2.05) is 0 Å². The van der Waals surface area contributed by atoms with Gasteiger partial charge in [0.15, 0.2) is 0 Å². The number of carboxylic acids is 1. The molecule has 3 nitrogen and oxygen atoms in total. The number of thiophene rings is 1. The molecule has 1 saturated carbocycles. The van der Waals surface area contributed by atoms with Gasteiger partial charge in [-0.3, -0.25) is 0 Å². The van der Waals surface area contributed by atoms with Crippen LogP contribution in [0.25, 0.3) is 0 Å². The second kappa shape index (κ2) is 6.14. The minimum absolute atomic E-state index is 0.206. The quantitative estimate of drug-likeness (QED) is 0.821. The van der Waals surface area contributed by atoms with E-state index in [9.17, 15) is 9.90 Å². The lowest BCUT2D eigenvalue weighted by Gasteiger charge is -2.40. The molecular weight excluding hydrogens is 318 g/mol. The van der Waals surface area contributed by atoms with Gasteiger partial charge in [0.05, 0.1) is 5.56 Å². The number of hydrogen-bond donors (Lipinski definition) is 2. The maximum atomic E-state index is 12.1. The molecule has 0 spiro atoms. The van der Waals surface area contributed by atoms with Gasteiger partial charge < -0.3 is 10.8 Å². The smallest absolute Gasteiger partial charge is 0.337 e. The van der Waals surface area contributed by atoms with Gasteiger partial charge in [-0.25, -0.2) is 4.79 Å². The van der Waals surface area contributed by atoms with Gasteiger partial charge in [-0.05, 0) is 73.3 Å². The first kappa shape index (κ1) is 17.9. The second-order valence-electron chi connectivity index (χ2n) is 9.40. The summed E-state index contributed by atoms with van der Waals surface area (Å²) in [4.78, 5) is 14.5. The summed E-state index contributed by atoms with van der Waals surface area (Å²) in [6, 6.07) is 0. The van der Waals surface area contributed by atoms with E-state index in [-0.39, 0.29) is 5.41 Å². The Kier molecular flexibility index (Phi) is 4.59. The standard InChI is InChI=1S/C20H31NO2S/c1-19(2)7-5-13(12(9-19)11-21)17-16(18(22)23)14-10-20(3,4)8-6-15(14)24-17/h12-13H,5-11,21H2,1-4H3,(H,22,23)/t12-,13-/m1/s1. The van der Waals surface area contributed by atoms with Crippen molar-refractivity contribution >= 4 is 17.3 Å². The van der Waals surface area contributed by atoms with Crippen LogP contribution in [0.3, 0.4) is 0 Å². The van der Waals surface area contributed by atoms with Crippen LogP contribution in [-0.2, 0) is 12.8 Å². The molecule has 2 aliphatic carbocycles. The van der Waals surface area contributed by atoms with Crippen LogP contribution in [0.15, 0.2) is 0 Å². The van der Waals surface area contributed by atoms with Crippen molar-refractivity contribution in [3.63, 3.8) is 0 Å². The van der Waals surface area contributed by atoms with E-state index in [0.717, 1.165) is 49.0 Å². The van der Waals surface area contributed by atoms with E-state index in [0.29, 0.717) is 29.4 Å². The predicted molar refractivity (Wildman–Crippen MR) is 100 cm³/mol. The molecule has 0 aliphatic heterocycles. The highest BCUT2D eigenvalue weighted by atomic mass is 32.1. The molecule has 0 aromatic carbocycles. The number of rotatable bonds is 3. The first-order valence-corrected chi connectivity index (χ1v) is 10.0. The number of aryl methyl sites for hydroxylation is 1. The molecular formula is C20H31NO2S. The van der Waals surface area contributed by atoms with Crippen molar-refractivity contribution in [3.8, 4) is 0 Å². The Morgan fingerprint density at radius 1 is 1.25 bits per heavy atom. The Morgan fingerprint density at radius 3 is 2.58 bits per heavy atom. The Labute approximate surface area is 149 Å². The SMILES string of the molecule is CC1(C)CCc2sc([C@@H]3CCC(C)(C)C[C@@H]3CN)c(C(=O)O)c2C1. The molecule has 0 amide bonds. The minimum atomic E-state index is -0.735. The van der Waals surface area contributed by atoms with E-state index in [1.165, 1.54) is 4.88 Å². The molecule has 0 bridgehead atoms. The van der Waals surface area contributed by atoms with Crippen molar-refractivity contribution in [2.75, 3.05) is 6.54 Å². The Balaban J connectivity index is 2.02. The van der Waals surface area contributed by atoms with Gasteiger partial charge in [-0.1, -0.05) is 27.7 Å². The highest BCUT2D eigenvalue weighted by Crippen LogP contribution is 2.51. The van der Waals surface area contributed by atoms with Crippen LogP contribution >= 0.6 is 11.3 Å². The van der Waals surface area contributed by atoms with Crippen LogP contribution < -0.4 is 5.73 Å². The zero-order chi connectivity index (χ0) is 17.7. The third-order valence-electron chi connectivity index (χ3n) is 6.17. The van der Waals surface area contributed by atoms with Gasteiger partial charge in [-0.2, -0.15) is 0 Å². The summed E-state index contributed by atoms with van der Waals surface area (Å²) in [7, 11) is 0. The second-order valence-corrected chi connectivity index (χ2v) is 10.5. The number of carbonyl (C=O) groups is 1. The molecule has 24 heavy (non-hydrogen) atoms. The van der Waals surface area contributed by atoms with E-state index >= 15 is 0 Å². The highest BCUT2D eigenvalue weighted by molar-refractivity contribution is 7.12. The minimum Gasteiger partial charge on any atom is -0.478 e. The maximum absolute atomic E-state index is 12.1. The summed E-state index contributed by atoms with van der Waals surface area (Å²) in [5.74, 6) is -0.00592. The first-order chi connectivity index (χ1) is 11.1. The maximum Gasteiger partial charge on any atom is 0.337 e. The molecule has 0 saturated heterocycles. The van der Waals surface area contributed by atoms with E-state index in [4.69, 9.17) is 5.73 Å². The van der Waals surface area contributed by atoms with Crippen LogP contribution in [0.5, 0.6) is 0 Å². The van der Waals surface area contributed by atoms with E-state index in [1.54, 1.807) is 11.3 Å². The summed E-state index contributed by atoms with van der Waals surface area (Å²) in [6.45, 7) is 9.79. The number of carboxylic acid groups (broad SMARTS) is 1. The molecule has 3 N–H and O–H groups in total. The zero-order valence-corrected chi connectivity index (χ0v) is 16.3. The van der Waals surface area contributed by atoms with Crippen molar-refractivity contribution in [2.24, 2.45) is 22.5 Å². The topological polar surface area (TPSA) is 63.3 Å². The Morgan fingerprint density at radius 2 is 1.96 bits per heavy atom. The van der Waals surface area contributed by atoms with Crippen molar-refractivity contribution in [2.45, 2.75) is 72.1 Å². The number of nitrogens with two attached hydrogens (primary N) is 1. The largest absolute Gasteiger partial charge is 0.478 e. The lowest BCUT2D eigenvalue weighted by molar-refractivity contribution is 0.0691. The number of aromatic carboxylic acids is 1. The fourth-order valence-corrected chi connectivity index (χ4v) is 6.31. The van der Waals surface area contributed by atoms with Crippen LogP contribution in [0.1, 0.15) is 85.0 Å². The molecule has 0 radical (unpaired) electrons. The summed E-state index contributed by atoms with van der Waals surface area (Å²) in [5, 5.41) is 9.95. The number of fused-ring (bicyclic) bond motifs is 1. The molecule has 1 aromatic heterocycles. The fourth-order valence-electron chi connectivity index (χ4n) is 4.77. The number of hydrogen-bond acceptors (Lipinski definition) is 3. The first-order valence-electron chi connectivity index (χ1n) is 9.21. The Hall–Kier alpha value is -0.870. The predicted octanol–water partition coefficient (Wildman–Crippen LogP) is 4.83. The van der Waals surface area contributed by atoms with Gasteiger partial charge in [0.1, 0.15) is 0 Å². The molecule has 2 atom stereocenters. The van der Waals surface area contributed by atoms with E-state index in [2.05, 4.69) is 27.7 Å². The normalized spacial score (nSPS) is 28.4. The van der Waals surface area contributed by atoms with Crippen molar-refractivity contribution < 1.29 is 9.90 Å². The zero-order valence-electron chi connectivity index (χ0n) is 15.4.